The highest BCUT2D eigenvalue weighted by Gasteiger charge is 2.27. The summed E-state index contributed by atoms with van der Waals surface area (Å²) in [6.45, 7) is 1.93. The van der Waals surface area contributed by atoms with Gasteiger partial charge in [0, 0.05) is 44.9 Å². The van der Waals surface area contributed by atoms with Crippen molar-refractivity contribution < 1.29 is 19.0 Å². The first-order chi connectivity index (χ1) is 12.7. The van der Waals surface area contributed by atoms with Crippen molar-refractivity contribution in [3.63, 3.8) is 0 Å². The van der Waals surface area contributed by atoms with Crippen LogP contribution in [0.4, 0.5) is 0 Å². The molecule has 4 rings (SSSR count). The highest BCUT2D eigenvalue weighted by Crippen LogP contribution is 2.41. The number of ether oxygens (including phenoxy) is 3. The van der Waals surface area contributed by atoms with E-state index in [2.05, 4.69) is 9.55 Å². The zero-order valence-electron chi connectivity index (χ0n) is 15.1. The zero-order chi connectivity index (χ0) is 18.1. The summed E-state index contributed by atoms with van der Waals surface area (Å²) in [5.41, 5.74) is 0.862. The number of likely N-dealkylation sites (tertiary alicyclic amines) is 1. The Kier molecular flexibility index (Phi) is 4.44. The number of hydrogen-bond donors (Lipinski definition) is 0. The minimum Gasteiger partial charge on any atom is -0.496 e. The van der Waals surface area contributed by atoms with Crippen molar-refractivity contribution in [2.45, 2.75) is 25.3 Å². The number of benzene rings is 1. The Morgan fingerprint density at radius 1 is 1.23 bits per heavy atom. The van der Waals surface area contributed by atoms with Gasteiger partial charge in [0.1, 0.15) is 11.6 Å². The first-order valence-corrected chi connectivity index (χ1v) is 8.92. The number of amides is 1. The van der Waals surface area contributed by atoms with Gasteiger partial charge in [0.15, 0.2) is 11.5 Å². The van der Waals surface area contributed by atoms with Gasteiger partial charge in [-0.1, -0.05) is 0 Å². The molecular weight excluding hydrogens is 334 g/mol. The van der Waals surface area contributed by atoms with E-state index in [-0.39, 0.29) is 11.9 Å². The lowest BCUT2D eigenvalue weighted by Crippen LogP contribution is -2.37. The lowest BCUT2D eigenvalue weighted by atomic mass is 10.0. The third-order valence-corrected chi connectivity index (χ3v) is 4.97. The SMILES string of the molecule is COc1cc2c(cc1-c1nccn1[C@H]1CCC(=O)N(C)C1)OCCCO2. The summed E-state index contributed by atoms with van der Waals surface area (Å²) in [5, 5.41) is 0. The van der Waals surface area contributed by atoms with Gasteiger partial charge >= 0.3 is 0 Å². The number of imidazole rings is 1. The molecule has 2 aliphatic heterocycles. The molecule has 0 radical (unpaired) electrons. The predicted molar refractivity (Wildman–Crippen MR) is 95.7 cm³/mol. The third kappa shape index (κ3) is 2.98. The van der Waals surface area contributed by atoms with Crippen LogP contribution in [-0.4, -0.2) is 54.3 Å². The standard InChI is InChI=1S/C19H23N3O4/c1-21-12-13(4-5-18(21)23)22-7-6-20-19(22)14-10-16-17(11-15(14)24-2)26-9-3-8-25-16/h6-7,10-11,13H,3-5,8-9,12H2,1-2H3/t13-/m0/s1. The summed E-state index contributed by atoms with van der Waals surface area (Å²) in [5.74, 6) is 3.11. The molecule has 1 fully saturated rings. The molecule has 2 aliphatic rings. The number of hydrogen-bond acceptors (Lipinski definition) is 5. The fourth-order valence-corrected chi connectivity index (χ4v) is 3.57. The van der Waals surface area contributed by atoms with Crippen molar-refractivity contribution in [1.29, 1.82) is 0 Å². The number of rotatable bonds is 3. The van der Waals surface area contributed by atoms with E-state index in [1.165, 1.54) is 0 Å². The number of aromatic nitrogens is 2. The average molecular weight is 357 g/mol. The molecule has 7 heteroatoms. The molecule has 0 aliphatic carbocycles. The van der Waals surface area contributed by atoms with Crippen LogP contribution in [0.25, 0.3) is 11.4 Å². The largest absolute Gasteiger partial charge is 0.496 e. The summed E-state index contributed by atoms with van der Waals surface area (Å²) in [7, 11) is 3.49. The quantitative estimate of drug-likeness (QED) is 0.844. The van der Waals surface area contributed by atoms with Crippen molar-refractivity contribution in [1.82, 2.24) is 14.5 Å². The molecule has 0 N–H and O–H groups in total. The van der Waals surface area contributed by atoms with E-state index < -0.39 is 0 Å². The molecule has 2 aromatic rings. The van der Waals surface area contributed by atoms with Gasteiger partial charge in [-0.05, 0) is 12.5 Å². The van der Waals surface area contributed by atoms with E-state index in [1.54, 1.807) is 18.2 Å². The van der Waals surface area contributed by atoms with Crippen LogP contribution in [0.1, 0.15) is 25.3 Å². The van der Waals surface area contributed by atoms with Crippen LogP contribution < -0.4 is 14.2 Å². The number of fused-ring (bicyclic) bond motifs is 1. The average Bonchev–Trinajstić information content (AvgIpc) is 3.02. The fourth-order valence-electron chi connectivity index (χ4n) is 3.57. The Hall–Kier alpha value is -2.70. The Balaban J connectivity index is 1.73. The molecule has 138 valence electrons. The van der Waals surface area contributed by atoms with Crippen molar-refractivity contribution in [3.05, 3.63) is 24.5 Å². The van der Waals surface area contributed by atoms with Crippen molar-refractivity contribution in [2.24, 2.45) is 0 Å². The summed E-state index contributed by atoms with van der Waals surface area (Å²) >= 11 is 0. The van der Waals surface area contributed by atoms with E-state index in [9.17, 15) is 4.79 Å². The molecule has 1 atom stereocenters. The molecule has 0 unspecified atom stereocenters. The van der Waals surface area contributed by atoms with Crippen molar-refractivity contribution >= 4 is 5.91 Å². The van der Waals surface area contributed by atoms with E-state index in [4.69, 9.17) is 14.2 Å². The molecular formula is C19H23N3O4. The maximum Gasteiger partial charge on any atom is 0.222 e. The smallest absolute Gasteiger partial charge is 0.222 e. The zero-order valence-corrected chi connectivity index (χ0v) is 15.1. The number of carbonyl (C=O) groups is 1. The molecule has 0 bridgehead atoms. The predicted octanol–water partition coefficient (Wildman–Crippen LogP) is 2.51. The van der Waals surface area contributed by atoms with Crippen LogP contribution in [0.5, 0.6) is 17.2 Å². The normalized spacial score (nSPS) is 20.0. The van der Waals surface area contributed by atoms with Crippen LogP contribution in [0.2, 0.25) is 0 Å². The van der Waals surface area contributed by atoms with Crippen LogP contribution >= 0.6 is 0 Å². The number of likely N-dealkylation sites (N-methyl/N-ethyl adjacent to an activating group) is 1. The lowest BCUT2D eigenvalue weighted by Gasteiger charge is -2.31. The molecule has 26 heavy (non-hydrogen) atoms. The number of piperidine rings is 1. The van der Waals surface area contributed by atoms with Crippen LogP contribution in [0, 0.1) is 0 Å². The second-order valence-corrected chi connectivity index (χ2v) is 6.67. The maximum absolute atomic E-state index is 11.8. The van der Waals surface area contributed by atoms with E-state index in [0.717, 1.165) is 24.2 Å². The first-order valence-electron chi connectivity index (χ1n) is 8.92. The minimum atomic E-state index is 0.191. The van der Waals surface area contributed by atoms with Gasteiger partial charge in [-0.2, -0.15) is 0 Å². The highest BCUT2D eigenvalue weighted by molar-refractivity contribution is 5.77. The van der Waals surface area contributed by atoms with E-state index in [0.29, 0.717) is 43.4 Å². The summed E-state index contributed by atoms with van der Waals surface area (Å²) in [4.78, 5) is 18.2. The Labute approximate surface area is 152 Å². The highest BCUT2D eigenvalue weighted by atomic mass is 16.5. The molecule has 7 nitrogen and oxygen atoms in total. The topological polar surface area (TPSA) is 65.8 Å². The van der Waals surface area contributed by atoms with Gasteiger partial charge in [-0.3, -0.25) is 4.79 Å². The van der Waals surface area contributed by atoms with Crippen LogP contribution in [0.15, 0.2) is 24.5 Å². The first kappa shape index (κ1) is 16.8. The van der Waals surface area contributed by atoms with E-state index >= 15 is 0 Å². The molecule has 0 saturated carbocycles. The lowest BCUT2D eigenvalue weighted by molar-refractivity contribution is -0.132. The fraction of sp³-hybridized carbons (Fsp3) is 0.474. The number of methoxy groups -OCH3 is 1. The molecule has 1 aromatic carbocycles. The second kappa shape index (κ2) is 6.90. The number of carbonyl (C=O) groups excluding carboxylic acids is 1. The van der Waals surface area contributed by atoms with E-state index in [1.807, 2.05) is 25.4 Å². The van der Waals surface area contributed by atoms with Gasteiger partial charge in [-0.15, -0.1) is 0 Å². The Morgan fingerprint density at radius 2 is 2.00 bits per heavy atom. The summed E-state index contributed by atoms with van der Waals surface area (Å²) < 4.78 is 19.3. The van der Waals surface area contributed by atoms with Gasteiger partial charge in [0.25, 0.3) is 0 Å². The van der Waals surface area contributed by atoms with Crippen LogP contribution in [0.3, 0.4) is 0 Å². The summed E-state index contributed by atoms with van der Waals surface area (Å²) in [6.07, 6.45) is 5.96. The van der Waals surface area contributed by atoms with Crippen LogP contribution in [-0.2, 0) is 4.79 Å². The third-order valence-electron chi connectivity index (χ3n) is 4.97. The molecule has 1 aromatic heterocycles. The number of nitrogens with zero attached hydrogens (tertiary/aromatic N) is 3. The maximum atomic E-state index is 11.8. The monoisotopic (exact) mass is 357 g/mol. The summed E-state index contributed by atoms with van der Waals surface area (Å²) in [6, 6.07) is 4.00. The van der Waals surface area contributed by atoms with Gasteiger partial charge < -0.3 is 23.7 Å². The molecule has 1 amide bonds. The molecule has 3 heterocycles. The van der Waals surface area contributed by atoms with Crippen molar-refractivity contribution in [2.75, 3.05) is 33.9 Å². The Morgan fingerprint density at radius 3 is 2.73 bits per heavy atom. The van der Waals surface area contributed by atoms with Gasteiger partial charge in [0.2, 0.25) is 5.91 Å². The molecule has 1 saturated heterocycles. The minimum absolute atomic E-state index is 0.191. The van der Waals surface area contributed by atoms with Gasteiger partial charge in [0.05, 0.1) is 31.9 Å². The van der Waals surface area contributed by atoms with Crippen molar-refractivity contribution in [3.8, 4) is 28.6 Å². The Bertz CT molecular complexity index is 817. The molecule has 0 spiro atoms. The van der Waals surface area contributed by atoms with Gasteiger partial charge in [-0.25, -0.2) is 4.98 Å². The second-order valence-electron chi connectivity index (χ2n) is 6.67.